The largest absolute Gasteiger partial charge is 0.478 e. The SMILES string of the molecule is CCC=C(C(=O)O)C(OCC)(OCC)OCC. The standard InChI is InChI=1S/C12H22O5/c1-5-9-10(11(13)14)12(15-6-2,16-7-3)17-8-4/h9H,5-8H2,1-4H3,(H,13,14). The molecule has 100 valence electrons. The lowest BCUT2D eigenvalue weighted by Gasteiger charge is -2.32. The van der Waals surface area contributed by atoms with Gasteiger partial charge in [-0.25, -0.2) is 4.79 Å². The fourth-order valence-electron chi connectivity index (χ4n) is 1.48. The summed E-state index contributed by atoms with van der Waals surface area (Å²) in [7, 11) is 0. The minimum absolute atomic E-state index is 0.00875. The van der Waals surface area contributed by atoms with Gasteiger partial charge in [-0.15, -0.1) is 0 Å². The first-order valence-electron chi connectivity index (χ1n) is 5.93. The van der Waals surface area contributed by atoms with Gasteiger partial charge in [0.05, 0.1) is 0 Å². The molecule has 0 aromatic heterocycles. The normalized spacial score (nSPS) is 12.8. The van der Waals surface area contributed by atoms with Gasteiger partial charge in [0.1, 0.15) is 5.57 Å². The molecule has 0 heterocycles. The third-order valence-corrected chi connectivity index (χ3v) is 1.97. The van der Waals surface area contributed by atoms with E-state index in [1.54, 1.807) is 26.8 Å². The fraction of sp³-hybridized carbons (Fsp3) is 0.750. The number of hydrogen-bond acceptors (Lipinski definition) is 4. The molecule has 0 fully saturated rings. The van der Waals surface area contributed by atoms with Gasteiger partial charge in [0.2, 0.25) is 0 Å². The van der Waals surface area contributed by atoms with Crippen LogP contribution in [-0.2, 0) is 19.0 Å². The molecular formula is C12H22O5. The zero-order valence-corrected chi connectivity index (χ0v) is 11.0. The van der Waals surface area contributed by atoms with Gasteiger partial charge < -0.3 is 19.3 Å². The smallest absolute Gasteiger partial charge is 0.339 e. The molecule has 0 saturated heterocycles. The van der Waals surface area contributed by atoms with Gasteiger partial charge in [0.25, 0.3) is 0 Å². The van der Waals surface area contributed by atoms with E-state index in [-0.39, 0.29) is 5.57 Å². The molecule has 5 nitrogen and oxygen atoms in total. The summed E-state index contributed by atoms with van der Waals surface area (Å²) in [6.07, 6.45) is 2.11. The lowest BCUT2D eigenvalue weighted by atomic mass is 10.2. The highest BCUT2D eigenvalue weighted by Crippen LogP contribution is 2.26. The number of hydrogen-bond donors (Lipinski definition) is 1. The zero-order valence-electron chi connectivity index (χ0n) is 11.0. The molecule has 0 spiro atoms. The molecule has 0 aliphatic carbocycles. The van der Waals surface area contributed by atoms with Gasteiger partial charge in [0, 0.05) is 19.8 Å². The maximum absolute atomic E-state index is 11.3. The summed E-state index contributed by atoms with van der Waals surface area (Å²) in [5.74, 6) is -2.69. The van der Waals surface area contributed by atoms with Crippen LogP contribution in [-0.4, -0.2) is 36.9 Å². The highest BCUT2D eigenvalue weighted by atomic mass is 16.9. The van der Waals surface area contributed by atoms with Gasteiger partial charge in [-0.2, -0.15) is 0 Å². The minimum atomic E-state index is -1.60. The molecule has 0 atom stereocenters. The van der Waals surface area contributed by atoms with E-state index in [0.29, 0.717) is 26.2 Å². The van der Waals surface area contributed by atoms with E-state index in [1.807, 2.05) is 6.92 Å². The van der Waals surface area contributed by atoms with Crippen molar-refractivity contribution >= 4 is 5.97 Å². The number of carbonyl (C=O) groups is 1. The molecule has 0 aliphatic rings. The number of ether oxygens (including phenoxy) is 3. The highest BCUT2D eigenvalue weighted by Gasteiger charge is 2.41. The van der Waals surface area contributed by atoms with Crippen LogP contribution in [0.1, 0.15) is 34.1 Å². The van der Waals surface area contributed by atoms with Crippen LogP contribution in [0, 0.1) is 0 Å². The Bertz CT molecular complexity index is 243. The topological polar surface area (TPSA) is 65.0 Å². The maximum Gasteiger partial charge on any atom is 0.339 e. The van der Waals surface area contributed by atoms with Crippen molar-refractivity contribution in [2.24, 2.45) is 0 Å². The molecule has 0 unspecified atom stereocenters. The van der Waals surface area contributed by atoms with Crippen LogP contribution in [0.3, 0.4) is 0 Å². The van der Waals surface area contributed by atoms with Gasteiger partial charge in [0.15, 0.2) is 0 Å². The van der Waals surface area contributed by atoms with Crippen molar-refractivity contribution in [2.75, 3.05) is 19.8 Å². The van der Waals surface area contributed by atoms with Crippen molar-refractivity contribution in [1.82, 2.24) is 0 Å². The predicted molar refractivity (Wildman–Crippen MR) is 63.6 cm³/mol. The third kappa shape index (κ3) is 4.46. The molecule has 17 heavy (non-hydrogen) atoms. The van der Waals surface area contributed by atoms with Gasteiger partial charge in [-0.1, -0.05) is 13.0 Å². The molecule has 0 saturated carbocycles. The van der Waals surface area contributed by atoms with E-state index in [1.165, 1.54) is 0 Å². The Kier molecular flexibility index (Phi) is 7.78. The molecule has 5 heteroatoms. The van der Waals surface area contributed by atoms with Crippen LogP contribution in [0.25, 0.3) is 0 Å². The number of allylic oxidation sites excluding steroid dienone is 1. The summed E-state index contributed by atoms with van der Waals surface area (Å²) in [6.45, 7) is 8.03. The molecule has 0 rings (SSSR count). The Labute approximate surface area is 102 Å². The zero-order chi connectivity index (χ0) is 13.3. The second kappa shape index (κ2) is 8.22. The Morgan fingerprint density at radius 1 is 1.06 bits per heavy atom. The first-order chi connectivity index (χ1) is 8.07. The number of carboxylic acids is 1. The van der Waals surface area contributed by atoms with E-state index < -0.39 is 11.9 Å². The lowest BCUT2D eigenvalue weighted by Crippen LogP contribution is -2.44. The van der Waals surface area contributed by atoms with Crippen LogP contribution < -0.4 is 0 Å². The molecular weight excluding hydrogens is 224 g/mol. The van der Waals surface area contributed by atoms with E-state index in [0.717, 1.165) is 0 Å². The average Bonchev–Trinajstić information content (AvgIpc) is 2.26. The van der Waals surface area contributed by atoms with Crippen LogP contribution in [0.2, 0.25) is 0 Å². The van der Waals surface area contributed by atoms with Crippen molar-refractivity contribution < 1.29 is 24.1 Å². The Morgan fingerprint density at radius 3 is 1.71 bits per heavy atom. The minimum Gasteiger partial charge on any atom is -0.478 e. The van der Waals surface area contributed by atoms with E-state index in [4.69, 9.17) is 14.2 Å². The maximum atomic E-state index is 11.3. The van der Waals surface area contributed by atoms with E-state index >= 15 is 0 Å². The third-order valence-electron chi connectivity index (χ3n) is 1.97. The molecule has 0 aromatic rings. The van der Waals surface area contributed by atoms with Crippen LogP contribution >= 0.6 is 0 Å². The predicted octanol–water partition coefficient (Wildman–Crippen LogP) is 2.17. The summed E-state index contributed by atoms with van der Waals surface area (Å²) < 4.78 is 16.2. The Morgan fingerprint density at radius 2 is 1.47 bits per heavy atom. The molecule has 1 N–H and O–H groups in total. The molecule has 0 aromatic carbocycles. The number of aliphatic carboxylic acids is 1. The van der Waals surface area contributed by atoms with E-state index in [2.05, 4.69) is 0 Å². The van der Waals surface area contributed by atoms with Crippen molar-refractivity contribution in [3.8, 4) is 0 Å². The second-order valence-corrected chi connectivity index (χ2v) is 3.19. The van der Waals surface area contributed by atoms with Crippen molar-refractivity contribution in [3.63, 3.8) is 0 Å². The second-order valence-electron chi connectivity index (χ2n) is 3.19. The number of carboxylic acid groups (broad SMARTS) is 1. The van der Waals surface area contributed by atoms with Gasteiger partial charge >= 0.3 is 11.9 Å². The van der Waals surface area contributed by atoms with E-state index in [9.17, 15) is 9.90 Å². The first-order valence-corrected chi connectivity index (χ1v) is 5.93. The average molecular weight is 246 g/mol. The summed E-state index contributed by atoms with van der Waals surface area (Å²) in [6, 6.07) is 0. The highest BCUT2D eigenvalue weighted by molar-refractivity contribution is 5.88. The molecule has 0 amide bonds. The van der Waals surface area contributed by atoms with Crippen LogP contribution in [0.4, 0.5) is 0 Å². The summed E-state index contributed by atoms with van der Waals surface area (Å²) in [5, 5.41) is 9.21. The Balaban J connectivity index is 5.32. The molecule has 0 aliphatic heterocycles. The quantitative estimate of drug-likeness (QED) is 0.499. The van der Waals surface area contributed by atoms with Crippen molar-refractivity contribution in [1.29, 1.82) is 0 Å². The van der Waals surface area contributed by atoms with Crippen molar-refractivity contribution in [2.45, 2.75) is 40.1 Å². The van der Waals surface area contributed by atoms with Crippen LogP contribution in [0.5, 0.6) is 0 Å². The van der Waals surface area contributed by atoms with Gasteiger partial charge in [-0.3, -0.25) is 0 Å². The van der Waals surface area contributed by atoms with Crippen LogP contribution in [0.15, 0.2) is 11.6 Å². The summed E-state index contributed by atoms with van der Waals surface area (Å²) in [5.41, 5.74) is -0.00875. The first kappa shape index (κ1) is 16.1. The van der Waals surface area contributed by atoms with Gasteiger partial charge in [-0.05, 0) is 27.2 Å². The fourth-order valence-corrected chi connectivity index (χ4v) is 1.48. The van der Waals surface area contributed by atoms with Crippen molar-refractivity contribution in [3.05, 3.63) is 11.6 Å². The molecule has 0 radical (unpaired) electrons. The lowest BCUT2D eigenvalue weighted by molar-refractivity contribution is -0.352. The monoisotopic (exact) mass is 246 g/mol. The molecule has 0 bridgehead atoms. The summed E-state index contributed by atoms with van der Waals surface area (Å²) in [4.78, 5) is 11.3. The summed E-state index contributed by atoms with van der Waals surface area (Å²) >= 11 is 0. The number of rotatable bonds is 9. The Hall–Kier alpha value is -0.910.